The van der Waals surface area contributed by atoms with Gasteiger partial charge in [-0.25, -0.2) is 8.78 Å². The van der Waals surface area contributed by atoms with Gasteiger partial charge in [-0.3, -0.25) is 4.79 Å². The zero-order chi connectivity index (χ0) is 13.0. The Hall–Kier alpha value is -1.91. The number of hydrogen-bond donors (Lipinski definition) is 2. The summed E-state index contributed by atoms with van der Waals surface area (Å²) in [7, 11) is 0. The van der Waals surface area contributed by atoms with Crippen molar-refractivity contribution in [3.63, 3.8) is 0 Å². The van der Waals surface area contributed by atoms with Gasteiger partial charge in [-0.05, 0) is 26.0 Å². The molecule has 0 radical (unpaired) electrons. The van der Waals surface area contributed by atoms with Gasteiger partial charge in [-0.15, -0.1) is 0 Å². The first-order chi connectivity index (χ1) is 7.91. The topological polar surface area (TPSA) is 55.1 Å². The molecule has 0 spiro atoms. The van der Waals surface area contributed by atoms with Crippen LogP contribution in [0.5, 0.6) is 0 Å². The van der Waals surface area contributed by atoms with Crippen LogP contribution in [0.2, 0.25) is 0 Å². The molecule has 0 saturated heterocycles. The van der Waals surface area contributed by atoms with Crippen LogP contribution in [-0.4, -0.2) is 12.5 Å². The van der Waals surface area contributed by atoms with Crippen LogP contribution in [0, 0.1) is 11.6 Å². The van der Waals surface area contributed by atoms with E-state index in [1.807, 2.05) is 13.8 Å². The fourth-order valence-electron chi connectivity index (χ4n) is 1.22. The first kappa shape index (κ1) is 13.2. The zero-order valence-corrected chi connectivity index (χ0v) is 9.68. The van der Waals surface area contributed by atoms with E-state index in [1.54, 1.807) is 6.08 Å². The van der Waals surface area contributed by atoms with Crippen molar-refractivity contribution in [2.45, 2.75) is 13.8 Å². The lowest BCUT2D eigenvalue weighted by atomic mass is 10.1. The van der Waals surface area contributed by atoms with Gasteiger partial charge in [0.15, 0.2) is 5.82 Å². The van der Waals surface area contributed by atoms with Crippen molar-refractivity contribution in [1.82, 2.24) is 5.32 Å². The molecule has 0 aliphatic rings. The van der Waals surface area contributed by atoms with Gasteiger partial charge in [-0.2, -0.15) is 0 Å². The second-order valence-electron chi connectivity index (χ2n) is 3.85. The fraction of sp³-hybridized carbons (Fsp3) is 0.250. The number of amides is 1. The van der Waals surface area contributed by atoms with Crippen molar-refractivity contribution < 1.29 is 13.6 Å². The van der Waals surface area contributed by atoms with E-state index in [0.717, 1.165) is 17.7 Å². The largest absolute Gasteiger partial charge is 0.396 e. The molecule has 0 bridgehead atoms. The highest BCUT2D eigenvalue weighted by Gasteiger charge is 2.15. The predicted molar refractivity (Wildman–Crippen MR) is 62.5 cm³/mol. The van der Waals surface area contributed by atoms with Crippen LogP contribution in [0.3, 0.4) is 0 Å². The van der Waals surface area contributed by atoms with Crippen LogP contribution < -0.4 is 11.1 Å². The van der Waals surface area contributed by atoms with Gasteiger partial charge in [0.1, 0.15) is 5.82 Å². The normalized spacial score (nSPS) is 9.88. The number of rotatable bonds is 3. The van der Waals surface area contributed by atoms with Crippen LogP contribution in [0.4, 0.5) is 14.5 Å². The molecular weight excluding hydrogens is 226 g/mol. The highest BCUT2D eigenvalue weighted by Crippen LogP contribution is 2.17. The maximum atomic E-state index is 13.5. The molecule has 0 saturated carbocycles. The average molecular weight is 240 g/mol. The Morgan fingerprint density at radius 3 is 2.65 bits per heavy atom. The molecule has 1 aromatic rings. The number of benzene rings is 1. The summed E-state index contributed by atoms with van der Waals surface area (Å²) in [6.45, 7) is 4.00. The average Bonchev–Trinajstić information content (AvgIpc) is 2.22. The third kappa shape index (κ3) is 3.55. The minimum atomic E-state index is -0.902. The number of allylic oxidation sites excluding steroid dienone is 1. The molecule has 17 heavy (non-hydrogen) atoms. The van der Waals surface area contributed by atoms with Gasteiger partial charge in [0.2, 0.25) is 0 Å². The number of nitrogens with one attached hydrogen (secondary N) is 1. The quantitative estimate of drug-likeness (QED) is 0.629. The number of carbonyl (C=O) groups is 1. The molecule has 1 rings (SSSR count). The summed E-state index contributed by atoms with van der Waals surface area (Å²) in [6.07, 6.45) is 1.76. The van der Waals surface area contributed by atoms with E-state index in [1.165, 1.54) is 0 Å². The first-order valence-corrected chi connectivity index (χ1v) is 5.08. The van der Waals surface area contributed by atoms with Gasteiger partial charge in [0, 0.05) is 6.54 Å². The Kier molecular flexibility index (Phi) is 4.20. The molecule has 0 aliphatic carbocycles. The highest BCUT2D eigenvalue weighted by molar-refractivity contribution is 5.95. The Morgan fingerprint density at radius 1 is 1.41 bits per heavy atom. The van der Waals surface area contributed by atoms with E-state index < -0.39 is 17.5 Å². The molecule has 92 valence electrons. The molecule has 0 heterocycles. The van der Waals surface area contributed by atoms with Gasteiger partial charge in [0.25, 0.3) is 5.91 Å². The number of halogens is 2. The molecule has 1 aromatic carbocycles. The van der Waals surface area contributed by atoms with E-state index in [2.05, 4.69) is 5.32 Å². The SMILES string of the molecule is CC(C)=CCNC(=O)c1cc(F)cc(N)c1F. The smallest absolute Gasteiger partial charge is 0.254 e. The van der Waals surface area contributed by atoms with E-state index >= 15 is 0 Å². The van der Waals surface area contributed by atoms with Crippen molar-refractivity contribution in [2.24, 2.45) is 0 Å². The first-order valence-electron chi connectivity index (χ1n) is 5.08. The molecule has 5 heteroatoms. The number of carbonyl (C=O) groups excluding carboxylic acids is 1. The monoisotopic (exact) mass is 240 g/mol. The third-order valence-electron chi connectivity index (χ3n) is 2.08. The number of hydrogen-bond acceptors (Lipinski definition) is 2. The van der Waals surface area contributed by atoms with E-state index in [0.29, 0.717) is 0 Å². The summed E-state index contributed by atoms with van der Waals surface area (Å²) in [5.41, 5.74) is 5.49. The predicted octanol–water partition coefficient (Wildman–Crippen LogP) is 2.24. The number of nitrogen functional groups attached to an aromatic ring is 1. The van der Waals surface area contributed by atoms with Crippen LogP contribution in [0.15, 0.2) is 23.8 Å². The van der Waals surface area contributed by atoms with Crippen LogP contribution >= 0.6 is 0 Å². The minimum Gasteiger partial charge on any atom is -0.396 e. The second-order valence-corrected chi connectivity index (χ2v) is 3.85. The molecular formula is C12H14F2N2O. The summed E-state index contributed by atoms with van der Waals surface area (Å²) in [6, 6.07) is 1.66. The lowest BCUT2D eigenvalue weighted by molar-refractivity contribution is 0.0953. The van der Waals surface area contributed by atoms with Gasteiger partial charge < -0.3 is 11.1 Å². The minimum absolute atomic E-state index is 0.261. The van der Waals surface area contributed by atoms with Gasteiger partial charge >= 0.3 is 0 Å². The van der Waals surface area contributed by atoms with Crippen molar-refractivity contribution in [2.75, 3.05) is 12.3 Å². The summed E-state index contributed by atoms with van der Waals surface area (Å²) in [4.78, 5) is 11.5. The van der Waals surface area contributed by atoms with E-state index in [4.69, 9.17) is 5.73 Å². The van der Waals surface area contributed by atoms with E-state index in [-0.39, 0.29) is 17.8 Å². The Morgan fingerprint density at radius 2 is 2.06 bits per heavy atom. The van der Waals surface area contributed by atoms with Crippen LogP contribution in [-0.2, 0) is 0 Å². The van der Waals surface area contributed by atoms with Crippen LogP contribution in [0.25, 0.3) is 0 Å². The van der Waals surface area contributed by atoms with E-state index in [9.17, 15) is 13.6 Å². The summed E-state index contributed by atoms with van der Waals surface area (Å²) >= 11 is 0. The van der Waals surface area contributed by atoms with Crippen molar-refractivity contribution in [3.05, 3.63) is 41.0 Å². The third-order valence-corrected chi connectivity index (χ3v) is 2.08. The van der Waals surface area contributed by atoms with Crippen molar-refractivity contribution in [1.29, 1.82) is 0 Å². The summed E-state index contributed by atoms with van der Waals surface area (Å²) in [5.74, 6) is -2.33. The lowest BCUT2D eigenvalue weighted by Gasteiger charge is -2.06. The molecule has 0 atom stereocenters. The molecule has 3 N–H and O–H groups in total. The maximum Gasteiger partial charge on any atom is 0.254 e. The molecule has 0 fully saturated rings. The van der Waals surface area contributed by atoms with Crippen molar-refractivity contribution in [3.8, 4) is 0 Å². The zero-order valence-electron chi connectivity index (χ0n) is 9.68. The fourth-order valence-corrected chi connectivity index (χ4v) is 1.22. The summed E-state index contributed by atoms with van der Waals surface area (Å²) < 4.78 is 26.4. The standard InChI is InChI=1S/C12H14F2N2O/c1-7(2)3-4-16-12(17)9-5-8(13)6-10(15)11(9)14/h3,5-6H,4,15H2,1-2H3,(H,16,17). The lowest BCUT2D eigenvalue weighted by Crippen LogP contribution is -2.25. The summed E-state index contributed by atoms with van der Waals surface area (Å²) in [5, 5.41) is 2.45. The molecule has 3 nitrogen and oxygen atoms in total. The highest BCUT2D eigenvalue weighted by atomic mass is 19.1. The van der Waals surface area contributed by atoms with Gasteiger partial charge in [0.05, 0.1) is 11.3 Å². The maximum absolute atomic E-state index is 13.5. The van der Waals surface area contributed by atoms with Gasteiger partial charge in [-0.1, -0.05) is 11.6 Å². The Balaban J connectivity index is 2.86. The Bertz CT molecular complexity index is 466. The molecule has 0 aromatic heterocycles. The second kappa shape index (κ2) is 5.43. The molecule has 0 aliphatic heterocycles. The number of anilines is 1. The van der Waals surface area contributed by atoms with Crippen molar-refractivity contribution >= 4 is 11.6 Å². The Labute approximate surface area is 98.3 Å². The molecule has 1 amide bonds. The number of nitrogens with two attached hydrogens (primary N) is 1. The molecule has 0 unspecified atom stereocenters. The van der Waals surface area contributed by atoms with Crippen LogP contribution in [0.1, 0.15) is 24.2 Å².